The molecule has 0 saturated carbocycles. The monoisotopic (exact) mass is 202 g/mol. The Labute approximate surface area is 88.1 Å². The largest absolute Gasteiger partial charge is 0.396 e. The second kappa shape index (κ2) is 4.28. The van der Waals surface area contributed by atoms with Gasteiger partial charge in [-0.2, -0.15) is 0 Å². The molecule has 0 aromatic heterocycles. The van der Waals surface area contributed by atoms with E-state index in [0.717, 1.165) is 6.42 Å². The molecule has 0 unspecified atom stereocenters. The molecule has 1 rings (SSSR count). The van der Waals surface area contributed by atoms with Gasteiger partial charge in [0.05, 0.1) is 0 Å². The summed E-state index contributed by atoms with van der Waals surface area (Å²) in [6.45, 7) is 2.44. The standard InChI is InChI=1S/C10H20N2O2/c1-8(7-13)10(9(14)11-2)5-4-6-12(10)3/h8,13H,4-7H2,1-3H3,(H,11,14)/t8-,10+/m0/s1/i2D,3D. The van der Waals surface area contributed by atoms with Crippen LogP contribution in [0.25, 0.3) is 0 Å². The van der Waals surface area contributed by atoms with Gasteiger partial charge < -0.3 is 10.4 Å². The molecule has 1 aliphatic heterocycles. The topological polar surface area (TPSA) is 52.6 Å². The van der Waals surface area contributed by atoms with Crippen LogP contribution in [0.1, 0.15) is 22.5 Å². The Morgan fingerprint density at radius 3 is 3.21 bits per heavy atom. The lowest BCUT2D eigenvalue weighted by atomic mass is 9.82. The number of likely N-dealkylation sites (tertiary alicyclic amines) is 1. The number of aliphatic hydroxyl groups is 1. The average Bonchev–Trinajstić information content (AvgIpc) is 2.72. The van der Waals surface area contributed by atoms with E-state index >= 15 is 0 Å². The third-order valence-electron chi connectivity index (χ3n) is 3.19. The Bertz CT molecular complexity index is 253. The molecule has 2 N–H and O–H groups in total. The number of hydrogen-bond acceptors (Lipinski definition) is 3. The lowest BCUT2D eigenvalue weighted by molar-refractivity contribution is -0.134. The van der Waals surface area contributed by atoms with Gasteiger partial charge in [0.15, 0.2) is 0 Å². The minimum Gasteiger partial charge on any atom is -0.396 e. The van der Waals surface area contributed by atoms with Gasteiger partial charge >= 0.3 is 0 Å². The van der Waals surface area contributed by atoms with Crippen LogP contribution in [-0.2, 0) is 4.79 Å². The fourth-order valence-electron chi connectivity index (χ4n) is 2.24. The summed E-state index contributed by atoms with van der Waals surface area (Å²) in [5.41, 5.74) is -0.794. The highest BCUT2D eigenvalue weighted by Gasteiger charge is 2.48. The summed E-state index contributed by atoms with van der Waals surface area (Å²) in [6.07, 6.45) is 1.51. The smallest absolute Gasteiger partial charge is 0.240 e. The fourth-order valence-corrected chi connectivity index (χ4v) is 2.24. The van der Waals surface area contributed by atoms with Crippen molar-refractivity contribution in [3.05, 3.63) is 0 Å². The van der Waals surface area contributed by atoms with E-state index in [1.807, 2.05) is 6.92 Å². The van der Waals surface area contributed by atoms with Gasteiger partial charge in [-0.1, -0.05) is 6.92 Å². The quantitative estimate of drug-likeness (QED) is 0.668. The summed E-state index contributed by atoms with van der Waals surface area (Å²) < 4.78 is 14.5. The Hall–Kier alpha value is -0.610. The van der Waals surface area contributed by atoms with Crippen molar-refractivity contribution in [2.75, 3.05) is 27.2 Å². The number of nitrogens with one attached hydrogen (secondary N) is 1. The third kappa shape index (κ3) is 1.53. The average molecular weight is 202 g/mol. The molecule has 1 fully saturated rings. The zero-order valence-corrected chi connectivity index (χ0v) is 8.62. The summed E-state index contributed by atoms with van der Waals surface area (Å²) in [5, 5.41) is 11.8. The van der Waals surface area contributed by atoms with E-state index in [4.69, 9.17) is 2.74 Å². The van der Waals surface area contributed by atoms with Crippen molar-refractivity contribution in [1.82, 2.24) is 10.2 Å². The van der Waals surface area contributed by atoms with Crippen molar-refractivity contribution >= 4 is 5.91 Å². The number of rotatable bonds is 3. The molecule has 0 aromatic carbocycles. The molecule has 0 bridgehead atoms. The highest BCUT2D eigenvalue weighted by atomic mass is 16.3. The number of carbonyl (C=O) groups excluding carboxylic acids is 1. The summed E-state index contributed by atoms with van der Waals surface area (Å²) in [5.74, 6) is -0.444. The van der Waals surface area contributed by atoms with Crippen LogP contribution in [0.15, 0.2) is 0 Å². The van der Waals surface area contributed by atoms with Crippen LogP contribution >= 0.6 is 0 Å². The van der Waals surface area contributed by atoms with E-state index in [1.54, 1.807) is 4.90 Å². The molecule has 0 radical (unpaired) electrons. The van der Waals surface area contributed by atoms with Crippen molar-refractivity contribution in [3.8, 4) is 0 Å². The first-order chi connectivity index (χ1) is 7.63. The van der Waals surface area contributed by atoms with Crippen LogP contribution in [0.2, 0.25) is 0 Å². The van der Waals surface area contributed by atoms with Gasteiger partial charge in [0.1, 0.15) is 5.54 Å². The third-order valence-corrected chi connectivity index (χ3v) is 3.19. The fraction of sp³-hybridized carbons (Fsp3) is 0.900. The molecule has 1 saturated heterocycles. The molecule has 14 heavy (non-hydrogen) atoms. The van der Waals surface area contributed by atoms with Crippen molar-refractivity contribution in [2.24, 2.45) is 5.92 Å². The molecular formula is C10H20N2O2. The number of likely N-dealkylation sites (N-methyl/N-ethyl adjacent to an activating group) is 2. The lowest BCUT2D eigenvalue weighted by Gasteiger charge is -2.38. The predicted octanol–water partition coefficient (Wildman–Crippen LogP) is -0.175. The van der Waals surface area contributed by atoms with E-state index in [1.165, 1.54) is 0 Å². The minimum absolute atomic E-state index is 0.0513. The van der Waals surface area contributed by atoms with Crippen molar-refractivity contribution in [3.63, 3.8) is 0 Å². The lowest BCUT2D eigenvalue weighted by Crippen LogP contribution is -2.58. The molecule has 82 valence electrons. The van der Waals surface area contributed by atoms with Crippen LogP contribution < -0.4 is 5.32 Å². The molecule has 1 aliphatic rings. The molecule has 0 aliphatic carbocycles. The normalized spacial score (nSPS) is 32.1. The second-order valence-corrected chi connectivity index (χ2v) is 3.88. The van der Waals surface area contributed by atoms with E-state index < -0.39 is 5.54 Å². The predicted molar refractivity (Wildman–Crippen MR) is 54.9 cm³/mol. The van der Waals surface area contributed by atoms with Gasteiger partial charge in [-0.25, -0.2) is 0 Å². The Morgan fingerprint density at radius 2 is 2.64 bits per heavy atom. The number of hydrogen-bond donors (Lipinski definition) is 2. The number of amides is 1. The Morgan fingerprint density at radius 1 is 1.86 bits per heavy atom. The maximum atomic E-state index is 12.1. The summed E-state index contributed by atoms with van der Waals surface area (Å²) in [6, 6.07) is 0. The summed E-state index contributed by atoms with van der Waals surface area (Å²) in [4.78, 5) is 13.9. The number of nitrogens with zero attached hydrogens (tertiary/aromatic N) is 1. The van der Waals surface area contributed by atoms with Gasteiger partial charge in [-0.15, -0.1) is 0 Å². The van der Waals surface area contributed by atoms with Gasteiger partial charge in [-0.05, 0) is 26.4 Å². The molecule has 0 aromatic rings. The first kappa shape index (κ1) is 8.68. The van der Waals surface area contributed by atoms with Crippen molar-refractivity contribution in [2.45, 2.75) is 25.3 Å². The molecule has 0 spiro atoms. The Kier molecular flexibility index (Phi) is 2.65. The molecule has 4 heteroatoms. The maximum Gasteiger partial charge on any atom is 0.240 e. The SMILES string of the molecule is [2H]CNC(=O)[C@]1([C@@H](C)CO)CCCN1C[2H]. The van der Waals surface area contributed by atoms with E-state index in [0.29, 0.717) is 13.0 Å². The van der Waals surface area contributed by atoms with Crippen molar-refractivity contribution in [1.29, 1.82) is 0 Å². The van der Waals surface area contributed by atoms with E-state index in [2.05, 4.69) is 5.32 Å². The van der Waals surface area contributed by atoms with E-state index in [-0.39, 0.29) is 32.5 Å². The molecular weight excluding hydrogens is 180 g/mol. The second-order valence-electron chi connectivity index (χ2n) is 3.88. The molecule has 4 nitrogen and oxygen atoms in total. The zero-order valence-electron chi connectivity index (χ0n) is 10.6. The van der Waals surface area contributed by atoms with Crippen LogP contribution in [0.5, 0.6) is 0 Å². The molecule has 1 amide bonds. The minimum atomic E-state index is -0.794. The molecule has 2 atom stereocenters. The van der Waals surface area contributed by atoms with E-state index in [9.17, 15) is 9.90 Å². The van der Waals surface area contributed by atoms with Gasteiger partial charge in [0.25, 0.3) is 0 Å². The number of aliphatic hydroxyl groups excluding tert-OH is 1. The van der Waals surface area contributed by atoms with Crippen LogP contribution in [0.4, 0.5) is 0 Å². The first-order valence-electron chi connectivity index (χ1n) is 6.27. The highest BCUT2D eigenvalue weighted by Crippen LogP contribution is 2.34. The number of carbonyl (C=O) groups is 1. The van der Waals surface area contributed by atoms with Crippen LogP contribution in [0, 0.1) is 5.92 Å². The Balaban J connectivity index is 2.96. The van der Waals surface area contributed by atoms with Gasteiger partial charge in [0.2, 0.25) is 5.91 Å². The maximum absolute atomic E-state index is 12.1. The molecule has 1 heterocycles. The summed E-state index contributed by atoms with van der Waals surface area (Å²) in [7, 11) is -0.111. The summed E-state index contributed by atoms with van der Waals surface area (Å²) >= 11 is 0. The van der Waals surface area contributed by atoms with Crippen LogP contribution in [-0.4, -0.2) is 48.7 Å². The first-order valence-corrected chi connectivity index (χ1v) is 4.86. The zero-order chi connectivity index (χ0) is 12.2. The van der Waals surface area contributed by atoms with Gasteiger partial charge in [-0.3, -0.25) is 9.69 Å². The van der Waals surface area contributed by atoms with Crippen LogP contribution in [0.3, 0.4) is 0 Å². The van der Waals surface area contributed by atoms with Gasteiger partial charge in [0, 0.05) is 22.3 Å². The highest BCUT2D eigenvalue weighted by molar-refractivity contribution is 5.86. The van der Waals surface area contributed by atoms with Crippen molar-refractivity contribution < 1.29 is 12.6 Å².